The molecule has 0 unspecified atom stereocenters. The quantitative estimate of drug-likeness (QED) is 0.0694. The Kier molecular flexibility index (Phi) is 11.3. The van der Waals surface area contributed by atoms with Gasteiger partial charge in [0.05, 0.1) is 25.4 Å². The summed E-state index contributed by atoms with van der Waals surface area (Å²) in [6.45, 7) is 7.77. The molecule has 0 fully saturated rings. The number of esters is 1. The van der Waals surface area contributed by atoms with E-state index in [1.807, 2.05) is 49.4 Å². The molecule has 0 spiro atoms. The highest BCUT2D eigenvalue weighted by molar-refractivity contribution is 5.91. The molecule has 0 bridgehead atoms. The maximum absolute atomic E-state index is 12.6. The predicted octanol–water partition coefficient (Wildman–Crippen LogP) is 6.95. The van der Waals surface area contributed by atoms with Crippen LogP contribution in [0.5, 0.6) is 17.2 Å². The average molecular weight is 503 g/mol. The summed E-state index contributed by atoms with van der Waals surface area (Å²) in [5.41, 5.74) is 3.55. The summed E-state index contributed by atoms with van der Waals surface area (Å²) >= 11 is 0. The summed E-state index contributed by atoms with van der Waals surface area (Å²) < 4.78 is 21.7. The van der Waals surface area contributed by atoms with E-state index < -0.39 is 5.97 Å². The third-order valence-corrected chi connectivity index (χ3v) is 5.73. The molecule has 0 aliphatic rings. The van der Waals surface area contributed by atoms with Crippen LogP contribution in [0.15, 0.2) is 79.4 Å². The van der Waals surface area contributed by atoms with Crippen molar-refractivity contribution in [2.45, 2.75) is 39.0 Å². The van der Waals surface area contributed by atoms with E-state index in [0.717, 1.165) is 60.3 Å². The Hall–Kier alpha value is -4.06. The van der Waals surface area contributed by atoms with Gasteiger partial charge >= 0.3 is 5.97 Å². The topological polar surface area (TPSA) is 71.1 Å². The second-order valence-corrected chi connectivity index (χ2v) is 8.57. The van der Waals surface area contributed by atoms with E-state index in [4.69, 9.17) is 14.2 Å². The van der Waals surface area contributed by atoms with E-state index in [0.29, 0.717) is 37.6 Å². The van der Waals surface area contributed by atoms with Crippen LogP contribution in [0.3, 0.4) is 0 Å². The number of ether oxygens (including phenoxy) is 4. The molecular weight excluding hydrogens is 468 g/mol. The van der Waals surface area contributed by atoms with Crippen LogP contribution in [-0.2, 0) is 9.53 Å². The highest BCUT2D eigenvalue weighted by atomic mass is 16.5. The molecule has 37 heavy (non-hydrogen) atoms. The van der Waals surface area contributed by atoms with Gasteiger partial charge in [0.2, 0.25) is 0 Å². The van der Waals surface area contributed by atoms with Crippen molar-refractivity contribution >= 4 is 12.4 Å². The van der Waals surface area contributed by atoms with Crippen molar-refractivity contribution in [3.05, 3.63) is 90.5 Å². The van der Waals surface area contributed by atoms with E-state index in [9.17, 15) is 9.59 Å². The smallest absolute Gasteiger partial charge is 0.343 e. The number of rotatable bonds is 16. The molecule has 0 aliphatic heterocycles. The molecular formula is C31H34O6. The number of hydrogen-bond donors (Lipinski definition) is 0. The third kappa shape index (κ3) is 9.15. The van der Waals surface area contributed by atoms with Gasteiger partial charge in [-0.1, -0.05) is 24.3 Å². The first-order chi connectivity index (χ1) is 18.1. The van der Waals surface area contributed by atoms with E-state index >= 15 is 0 Å². The van der Waals surface area contributed by atoms with Crippen molar-refractivity contribution in [2.75, 3.05) is 19.8 Å². The fourth-order valence-corrected chi connectivity index (χ4v) is 3.71. The van der Waals surface area contributed by atoms with Crippen LogP contribution in [-0.4, -0.2) is 32.3 Å². The van der Waals surface area contributed by atoms with Crippen LogP contribution < -0.4 is 14.2 Å². The molecule has 194 valence electrons. The van der Waals surface area contributed by atoms with E-state index in [2.05, 4.69) is 11.3 Å². The lowest BCUT2D eigenvalue weighted by molar-refractivity contribution is -0.128. The Balaban J connectivity index is 1.51. The van der Waals surface area contributed by atoms with Gasteiger partial charge in [-0.15, -0.1) is 6.58 Å². The Morgan fingerprint density at radius 3 is 2.00 bits per heavy atom. The summed E-state index contributed by atoms with van der Waals surface area (Å²) in [5, 5.41) is 0. The van der Waals surface area contributed by atoms with Crippen LogP contribution in [0.25, 0.3) is 11.1 Å². The maximum Gasteiger partial charge on any atom is 0.343 e. The minimum atomic E-state index is -0.413. The fraction of sp³-hybridized carbons (Fsp3) is 0.290. The molecule has 0 atom stereocenters. The van der Waals surface area contributed by atoms with Crippen LogP contribution in [0, 0.1) is 6.92 Å². The van der Waals surface area contributed by atoms with Gasteiger partial charge in [-0.05, 0) is 104 Å². The zero-order valence-electron chi connectivity index (χ0n) is 21.3. The summed E-state index contributed by atoms with van der Waals surface area (Å²) in [7, 11) is 0. The Labute approximate surface area is 218 Å². The van der Waals surface area contributed by atoms with Gasteiger partial charge in [-0.2, -0.15) is 0 Å². The largest absolute Gasteiger partial charge is 0.494 e. The van der Waals surface area contributed by atoms with E-state index in [1.165, 1.54) is 0 Å². The highest BCUT2D eigenvalue weighted by Gasteiger charge is 2.11. The molecule has 6 nitrogen and oxygen atoms in total. The molecule has 0 saturated heterocycles. The van der Waals surface area contributed by atoms with Crippen molar-refractivity contribution in [1.29, 1.82) is 0 Å². The molecule has 3 rings (SSSR count). The van der Waals surface area contributed by atoms with Gasteiger partial charge in [0, 0.05) is 0 Å². The molecule has 0 aromatic heterocycles. The first-order valence-electron chi connectivity index (χ1n) is 12.6. The number of carbonyl (C=O) groups is 2. The molecule has 0 amide bonds. The lowest BCUT2D eigenvalue weighted by Crippen LogP contribution is -2.08. The first kappa shape index (κ1) is 27.5. The van der Waals surface area contributed by atoms with Crippen LogP contribution in [0.4, 0.5) is 0 Å². The Morgan fingerprint density at radius 2 is 1.38 bits per heavy atom. The first-order valence-corrected chi connectivity index (χ1v) is 12.6. The molecule has 0 N–H and O–H groups in total. The van der Waals surface area contributed by atoms with Gasteiger partial charge in [-0.25, -0.2) is 4.79 Å². The van der Waals surface area contributed by atoms with Crippen molar-refractivity contribution < 1.29 is 28.5 Å². The number of aryl methyl sites for hydroxylation is 1. The van der Waals surface area contributed by atoms with E-state index in [-0.39, 0.29) is 0 Å². The highest BCUT2D eigenvalue weighted by Crippen LogP contribution is 2.29. The number of allylic oxidation sites excluding steroid dienone is 1. The second kappa shape index (κ2) is 15.1. The minimum Gasteiger partial charge on any atom is -0.494 e. The monoisotopic (exact) mass is 502 g/mol. The number of hydrogen-bond acceptors (Lipinski definition) is 6. The van der Waals surface area contributed by atoms with Crippen molar-refractivity contribution in [2.24, 2.45) is 0 Å². The number of benzene rings is 3. The molecule has 0 radical (unpaired) electrons. The normalized spacial score (nSPS) is 10.4. The SMILES string of the molecule is C=CCCCCOc1ccc(C(=O)Oc2ccc(-c3ccc(OCCCCOC=O)cc3)c(C)c2)cc1. The van der Waals surface area contributed by atoms with Crippen LogP contribution in [0.2, 0.25) is 0 Å². The second-order valence-electron chi connectivity index (χ2n) is 8.57. The van der Waals surface area contributed by atoms with Gasteiger partial charge in [-0.3, -0.25) is 4.79 Å². The van der Waals surface area contributed by atoms with Gasteiger partial charge in [0.25, 0.3) is 6.47 Å². The average Bonchev–Trinajstić information content (AvgIpc) is 2.91. The Morgan fingerprint density at radius 1 is 0.784 bits per heavy atom. The van der Waals surface area contributed by atoms with Gasteiger partial charge < -0.3 is 18.9 Å². The third-order valence-electron chi connectivity index (χ3n) is 5.73. The molecule has 3 aromatic rings. The Bertz CT molecular complexity index is 1140. The maximum atomic E-state index is 12.6. The fourth-order valence-electron chi connectivity index (χ4n) is 3.71. The van der Waals surface area contributed by atoms with Crippen molar-refractivity contribution in [3.8, 4) is 28.4 Å². The molecule has 0 heterocycles. The van der Waals surface area contributed by atoms with Gasteiger partial charge in [0.15, 0.2) is 0 Å². The van der Waals surface area contributed by atoms with Crippen molar-refractivity contribution in [3.63, 3.8) is 0 Å². The van der Waals surface area contributed by atoms with E-state index in [1.54, 1.807) is 30.3 Å². The predicted molar refractivity (Wildman–Crippen MR) is 144 cm³/mol. The van der Waals surface area contributed by atoms with Crippen LogP contribution in [0.1, 0.15) is 48.0 Å². The van der Waals surface area contributed by atoms with Crippen LogP contribution >= 0.6 is 0 Å². The molecule has 0 aliphatic carbocycles. The summed E-state index contributed by atoms with van der Waals surface area (Å²) in [6, 6.07) is 20.5. The lowest BCUT2D eigenvalue weighted by Gasteiger charge is -2.11. The zero-order valence-corrected chi connectivity index (χ0v) is 21.3. The van der Waals surface area contributed by atoms with Gasteiger partial charge in [0.1, 0.15) is 17.2 Å². The van der Waals surface area contributed by atoms with Crippen molar-refractivity contribution in [1.82, 2.24) is 0 Å². The standard InChI is InChI=1S/C31H34O6/c1-3-4-5-6-20-35-28-15-11-26(12-16-28)31(33)37-29-17-18-30(24(2)22-29)25-9-13-27(14-10-25)36-21-8-7-19-34-23-32/h3,9-18,22-23H,1,4-8,19-21H2,2H3. The summed E-state index contributed by atoms with van der Waals surface area (Å²) in [5.74, 6) is 1.60. The zero-order chi connectivity index (χ0) is 26.3. The lowest BCUT2D eigenvalue weighted by atomic mass is 10.0. The number of carbonyl (C=O) groups excluding carboxylic acids is 2. The summed E-state index contributed by atoms with van der Waals surface area (Å²) in [6.07, 6.45) is 6.48. The summed E-state index contributed by atoms with van der Waals surface area (Å²) in [4.78, 5) is 22.7. The molecule has 3 aromatic carbocycles. The molecule has 6 heteroatoms. The molecule has 0 saturated carbocycles. The number of unbranched alkanes of at least 4 members (excludes halogenated alkanes) is 3. The minimum absolute atomic E-state index is 0.411.